The normalized spacial score (nSPS) is 11.0. The number of nitrogens with one attached hydrogen (secondary N) is 2. The summed E-state index contributed by atoms with van der Waals surface area (Å²) in [5, 5.41) is 3.01. The maximum Gasteiger partial charge on any atom is 0.212 e. The topological polar surface area (TPSA) is 84.6 Å². The number of hydrazine groups is 1. The van der Waals surface area contributed by atoms with Crippen LogP contribution in [-0.4, -0.2) is 25.1 Å². The number of hydrogen-bond acceptors (Lipinski definition) is 4. The molecule has 0 fully saturated rings. The summed E-state index contributed by atoms with van der Waals surface area (Å²) < 4.78 is 4.95. The lowest BCUT2D eigenvalue weighted by Crippen LogP contribution is -2.41. The highest BCUT2D eigenvalue weighted by Gasteiger charge is 1.97. The highest BCUT2D eigenvalue weighted by Crippen LogP contribution is 2.05. The van der Waals surface area contributed by atoms with Gasteiger partial charge in [-0.3, -0.25) is 10.4 Å². The number of methoxy groups -OCH3 is 1. The van der Waals surface area contributed by atoms with Crippen LogP contribution in [-0.2, 0) is 6.54 Å². The first-order valence-corrected chi connectivity index (χ1v) is 4.46. The van der Waals surface area contributed by atoms with E-state index in [4.69, 9.17) is 10.6 Å². The van der Waals surface area contributed by atoms with Gasteiger partial charge < -0.3 is 10.1 Å². The molecule has 4 N–H and O–H groups in total. The third-order valence-corrected chi connectivity index (χ3v) is 1.83. The standard InChI is InChI=1S/C9H15N5O/c1-11-9(14-10)13-6-7-3-4-8(15-2)12-5-7/h3-5H,6,10H2,1-2H3,(H2,11,13,14). The quantitative estimate of drug-likeness (QED) is 0.274. The van der Waals surface area contributed by atoms with Gasteiger partial charge in [0.05, 0.1) is 7.11 Å². The van der Waals surface area contributed by atoms with Crippen LogP contribution in [0.5, 0.6) is 5.88 Å². The van der Waals surface area contributed by atoms with Crippen molar-refractivity contribution in [3.05, 3.63) is 23.9 Å². The molecule has 1 rings (SSSR count). The van der Waals surface area contributed by atoms with Gasteiger partial charge in [-0.1, -0.05) is 6.07 Å². The molecule has 0 unspecified atom stereocenters. The molecule has 0 spiro atoms. The molecule has 0 atom stereocenters. The van der Waals surface area contributed by atoms with Gasteiger partial charge >= 0.3 is 0 Å². The SMILES string of the molecule is CN=C(NN)NCc1ccc(OC)nc1. The molecule has 6 heteroatoms. The zero-order valence-corrected chi connectivity index (χ0v) is 8.82. The second kappa shape index (κ2) is 5.82. The first kappa shape index (κ1) is 11.3. The summed E-state index contributed by atoms with van der Waals surface area (Å²) in [4.78, 5) is 7.95. The van der Waals surface area contributed by atoms with Crippen LogP contribution in [0.4, 0.5) is 0 Å². The summed E-state index contributed by atoms with van der Waals surface area (Å²) in [6.45, 7) is 0.605. The van der Waals surface area contributed by atoms with E-state index in [1.165, 1.54) is 0 Å². The predicted octanol–water partition coefficient (Wildman–Crippen LogP) is -0.371. The molecule has 1 aromatic rings. The van der Waals surface area contributed by atoms with E-state index in [1.807, 2.05) is 6.07 Å². The largest absolute Gasteiger partial charge is 0.481 e. The van der Waals surface area contributed by atoms with Crippen molar-refractivity contribution < 1.29 is 4.74 Å². The van der Waals surface area contributed by atoms with Crippen LogP contribution in [0.15, 0.2) is 23.3 Å². The van der Waals surface area contributed by atoms with E-state index in [-0.39, 0.29) is 0 Å². The Hall–Kier alpha value is -1.82. The number of nitrogens with zero attached hydrogens (tertiary/aromatic N) is 2. The molecule has 0 aliphatic rings. The summed E-state index contributed by atoms with van der Waals surface area (Å²) in [5.41, 5.74) is 3.46. The average Bonchev–Trinajstić information content (AvgIpc) is 2.31. The van der Waals surface area contributed by atoms with E-state index >= 15 is 0 Å². The second-order valence-corrected chi connectivity index (χ2v) is 2.78. The molecule has 0 radical (unpaired) electrons. The van der Waals surface area contributed by atoms with Crippen molar-refractivity contribution in [2.45, 2.75) is 6.54 Å². The summed E-state index contributed by atoms with van der Waals surface area (Å²) in [6.07, 6.45) is 1.73. The number of pyridine rings is 1. The minimum atomic E-state index is 0.533. The fraction of sp³-hybridized carbons (Fsp3) is 0.333. The maximum atomic E-state index is 5.21. The molecule has 15 heavy (non-hydrogen) atoms. The maximum absolute atomic E-state index is 5.21. The van der Waals surface area contributed by atoms with Gasteiger partial charge in [0.25, 0.3) is 0 Å². The summed E-state index contributed by atoms with van der Waals surface area (Å²) in [6, 6.07) is 3.72. The number of nitrogens with two attached hydrogens (primary N) is 1. The number of aromatic nitrogens is 1. The van der Waals surface area contributed by atoms with Crippen molar-refractivity contribution in [2.75, 3.05) is 14.2 Å². The van der Waals surface area contributed by atoms with Gasteiger partial charge in [-0.2, -0.15) is 0 Å². The number of guanidine groups is 1. The molecule has 1 aromatic heterocycles. The number of hydrogen-bond donors (Lipinski definition) is 3. The Labute approximate surface area is 88.5 Å². The van der Waals surface area contributed by atoms with E-state index in [1.54, 1.807) is 26.4 Å². The molecular weight excluding hydrogens is 194 g/mol. The van der Waals surface area contributed by atoms with Crippen LogP contribution >= 0.6 is 0 Å². The van der Waals surface area contributed by atoms with Gasteiger partial charge in [-0.15, -0.1) is 0 Å². The molecule has 82 valence electrons. The van der Waals surface area contributed by atoms with Crippen LogP contribution in [0.3, 0.4) is 0 Å². The van der Waals surface area contributed by atoms with Gasteiger partial charge in [0.1, 0.15) is 0 Å². The Morgan fingerprint density at radius 3 is 2.87 bits per heavy atom. The van der Waals surface area contributed by atoms with Crippen molar-refractivity contribution >= 4 is 5.96 Å². The Morgan fingerprint density at radius 2 is 2.40 bits per heavy atom. The first-order chi connectivity index (χ1) is 7.30. The van der Waals surface area contributed by atoms with E-state index in [0.717, 1.165) is 5.56 Å². The van der Waals surface area contributed by atoms with E-state index in [9.17, 15) is 0 Å². The Bertz CT molecular complexity index is 322. The predicted molar refractivity (Wildman–Crippen MR) is 58.3 cm³/mol. The molecule has 0 amide bonds. The van der Waals surface area contributed by atoms with E-state index < -0.39 is 0 Å². The van der Waals surface area contributed by atoms with Gasteiger partial charge in [-0.05, 0) is 5.56 Å². The molecule has 0 saturated carbocycles. The molecule has 0 bridgehead atoms. The third-order valence-electron chi connectivity index (χ3n) is 1.83. The van der Waals surface area contributed by atoms with Crippen LogP contribution in [0, 0.1) is 0 Å². The van der Waals surface area contributed by atoms with Crippen molar-refractivity contribution in [3.8, 4) is 5.88 Å². The van der Waals surface area contributed by atoms with Gasteiger partial charge in [0, 0.05) is 25.9 Å². The Morgan fingerprint density at radius 1 is 1.60 bits per heavy atom. The third kappa shape index (κ3) is 3.43. The first-order valence-electron chi connectivity index (χ1n) is 4.46. The lowest BCUT2D eigenvalue weighted by molar-refractivity contribution is 0.397. The molecule has 0 aromatic carbocycles. The summed E-state index contributed by atoms with van der Waals surface area (Å²) in [7, 11) is 3.23. The fourth-order valence-corrected chi connectivity index (χ4v) is 1.02. The summed E-state index contributed by atoms with van der Waals surface area (Å²) >= 11 is 0. The fourth-order valence-electron chi connectivity index (χ4n) is 1.02. The molecular formula is C9H15N5O. The van der Waals surface area contributed by atoms with Crippen LogP contribution in [0.1, 0.15) is 5.56 Å². The smallest absolute Gasteiger partial charge is 0.212 e. The average molecular weight is 209 g/mol. The zero-order valence-electron chi connectivity index (χ0n) is 8.82. The van der Waals surface area contributed by atoms with Crippen LogP contribution in [0.25, 0.3) is 0 Å². The van der Waals surface area contributed by atoms with Crippen molar-refractivity contribution in [1.29, 1.82) is 0 Å². The molecule has 0 saturated heterocycles. The highest BCUT2D eigenvalue weighted by atomic mass is 16.5. The zero-order chi connectivity index (χ0) is 11.1. The molecule has 6 nitrogen and oxygen atoms in total. The monoisotopic (exact) mass is 209 g/mol. The number of ether oxygens (including phenoxy) is 1. The minimum absolute atomic E-state index is 0.533. The van der Waals surface area contributed by atoms with Crippen LogP contribution in [0.2, 0.25) is 0 Å². The van der Waals surface area contributed by atoms with Crippen molar-refractivity contribution in [2.24, 2.45) is 10.8 Å². The molecule has 1 heterocycles. The van der Waals surface area contributed by atoms with Gasteiger partial charge in [0.2, 0.25) is 11.8 Å². The van der Waals surface area contributed by atoms with E-state index in [0.29, 0.717) is 18.4 Å². The Balaban J connectivity index is 2.51. The minimum Gasteiger partial charge on any atom is -0.481 e. The number of rotatable bonds is 3. The second-order valence-electron chi connectivity index (χ2n) is 2.78. The molecule has 0 aliphatic heterocycles. The van der Waals surface area contributed by atoms with Crippen LogP contribution < -0.4 is 21.3 Å². The lowest BCUT2D eigenvalue weighted by Gasteiger charge is -2.07. The van der Waals surface area contributed by atoms with Crippen molar-refractivity contribution in [1.82, 2.24) is 15.7 Å². The van der Waals surface area contributed by atoms with Crippen molar-refractivity contribution in [3.63, 3.8) is 0 Å². The van der Waals surface area contributed by atoms with E-state index in [2.05, 4.69) is 20.7 Å². The lowest BCUT2D eigenvalue weighted by atomic mass is 10.3. The Kier molecular flexibility index (Phi) is 4.36. The van der Waals surface area contributed by atoms with Gasteiger partial charge in [0.15, 0.2) is 0 Å². The molecule has 0 aliphatic carbocycles. The number of aliphatic imine (C=N–C) groups is 1. The van der Waals surface area contributed by atoms with Gasteiger partial charge in [-0.25, -0.2) is 10.8 Å². The highest BCUT2D eigenvalue weighted by molar-refractivity contribution is 5.78. The summed E-state index contributed by atoms with van der Waals surface area (Å²) in [5.74, 6) is 6.34.